The van der Waals surface area contributed by atoms with Crippen LogP contribution in [0.3, 0.4) is 0 Å². The molecular weight excluding hydrogens is 260 g/mol. The van der Waals surface area contributed by atoms with E-state index in [2.05, 4.69) is 40.1 Å². The molecule has 0 aromatic heterocycles. The number of nitrogens with zero attached hydrogens (tertiary/aromatic N) is 2. The minimum Gasteiger partial charge on any atom is -0.341 e. The van der Waals surface area contributed by atoms with Crippen LogP contribution < -0.4 is 0 Å². The van der Waals surface area contributed by atoms with Crippen molar-refractivity contribution in [1.82, 2.24) is 9.80 Å². The Labute approximate surface area is 127 Å². The van der Waals surface area contributed by atoms with Gasteiger partial charge in [0.2, 0.25) is 5.91 Å². The maximum absolute atomic E-state index is 12.3. The van der Waals surface area contributed by atoms with Crippen LogP contribution in [-0.4, -0.2) is 48.4 Å². The highest BCUT2D eigenvalue weighted by Gasteiger charge is 2.30. The molecule has 114 valence electrons. The van der Waals surface area contributed by atoms with Gasteiger partial charge in [0.15, 0.2) is 0 Å². The molecule has 1 saturated heterocycles. The van der Waals surface area contributed by atoms with Gasteiger partial charge < -0.3 is 9.80 Å². The highest BCUT2D eigenvalue weighted by atomic mass is 16.2. The lowest BCUT2D eigenvalue weighted by Crippen LogP contribution is -2.41. The Morgan fingerprint density at radius 2 is 1.81 bits per heavy atom. The topological polar surface area (TPSA) is 23.6 Å². The molecule has 0 unspecified atom stereocenters. The summed E-state index contributed by atoms with van der Waals surface area (Å²) in [7, 11) is 0. The average molecular weight is 286 g/mol. The summed E-state index contributed by atoms with van der Waals surface area (Å²) in [5, 5.41) is 0. The predicted molar refractivity (Wildman–Crippen MR) is 85.1 cm³/mol. The SMILES string of the molecule is O=C(C1CCC1)N1CCCN(CCc2ccccc2)CC1. The normalized spacial score (nSPS) is 20.9. The van der Waals surface area contributed by atoms with Crippen LogP contribution in [0.25, 0.3) is 0 Å². The Kier molecular flexibility index (Phi) is 4.91. The molecule has 1 aliphatic carbocycles. The lowest BCUT2D eigenvalue weighted by molar-refractivity contribution is -0.138. The molecule has 3 heteroatoms. The molecule has 2 fully saturated rings. The summed E-state index contributed by atoms with van der Waals surface area (Å²) in [6.07, 6.45) is 5.71. The Balaban J connectivity index is 1.45. The fourth-order valence-electron chi connectivity index (χ4n) is 3.26. The van der Waals surface area contributed by atoms with Crippen molar-refractivity contribution in [2.45, 2.75) is 32.1 Å². The first kappa shape index (κ1) is 14.6. The van der Waals surface area contributed by atoms with Crippen LogP contribution in [0, 0.1) is 5.92 Å². The molecule has 1 aromatic rings. The monoisotopic (exact) mass is 286 g/mol. The third-order valence-electron chi connectivity index (χ3n) is 4.91. The van der Waals surface area contributed by atoms with E-state index in [1.165, 1.54) is 12.0 Å². The quantitative estimate of drug-likeness (QED) is 0.849. The molecule has 2 aliphatic rings. The van der Waals surface area contributed by atoms with E-state index in [-0.39, 0.29) is 0 Å². The molecule has 1 saturated carbocycles. The Hall–Kier alpha value is -1.35. The second-order valence-electron chi connectivity index (χ2n) is 6.38. The first-order valence-electron chi connectivity index (χ1n) is 8.38. The summed E-state index contributed by atoms with van der Waals surface area (Å²) < 4.78 is 0. The Morgan fingerprint density at radius 3 is 2.52 bits per heavy atom. The summed E-state index contributed by atoms with van der Waals surface area (Å²) in [6.45, 7) is 5.14. The van der Waals surface area contributed by atoms with Crippen LogP contribution >= 0.6 is 0 Å². The van der Waals surface area contributed by atoms with Crippen molar-refractivity contribution in [3.8, 4) is 0 Å². The van der Waals surface area contributed by atoms with Gasteiger partial charge in [0, 0.05) is 32.1 Å². The molecule has 0 N–H and O–H groups in total. The van der Waals surface area contributed by atoms with Crippen molar-refractivity contribution in [3.63, 3.8) is 0 Å². The number of hydrogen-bond donors (Lipinski definition) is 0. The fourth-order valence-corrected chi connectivity index (χ4v) is 3.26. The van der Waals surface area contributed by atoms with Gasteiger partial charge >= 0.3 is 0 Å². The predicted octanol–water partition coefficient (Wildman–Crippen LogP) is 2.56. The van der Waals surface area contributed by atoms with Gasteiger partial charge in [-0.15, -0.1) is 0 Å². The van der Waals surface area contributed by atoms with Crippen LogP contribution in [0.2, 0.25) is 0 Å². The zero-order chi connectivity index (χ0) is 14.5. The van der Waals surface area contributed by atoms with Crippen molar-refractivity contribution in [1.29, 1.82) is 0 Å². The largest absolute Gasteiger partial charge is 0.341 e. The lowest BCUT2D eigenvalue weighted by atomic mass is 9.84. The fraction of sp³-hybridized carbons (Fsp3) is 0.611. The van der Waals surface area contributed by atoms with E-state index < -0.39 is 0 Å². The summed E-state index contributed by atoms with van der Waals surface area (Å²) >= 11 is 0. The third-order valence-corrected chi connectivity index (χ3v) is 4.91. The summed E-state index contributed by atoms with van der Waals surface area (Å²) in [5.41, 5.74) is 1.41. The molecule has 1 amide bonds. The van der Waals surface area contributed by atoms with Gasteiger partial charge in [0.25, 0.3) is 0 Å². The zero-order valence-corrected chi connectivity index (χ0v) is 12.8. The summed E-state index contributed by atoms with van der Waals surface area (Å²) in [5.74, 6) is 0.770. The first-order valence-corrected chi connectivity index (χ1v) is 8.38. The lowest BCUT2D eigenvalue weighted by Gasteiger charge is -2.31. The van der Waals surface area contributed by atoms with Gasteiger partial charge in [0.1, 0.15) is 0 Å². The smallest absolute Gasteiger partial charge is 0.225 e. The van der Waals surface area contributed by atoms with Crippen molar-refractivity contribution >= 4 is 5.91 Å². The summed E-state index contributed by atoms with van der Waals surface area (Å²) in [4.78, 5) is 17.0. The van der Waals surface area contributed by atoms with Crippen molar-refractivity contribution in [2.75, 3.05) is 32.7 Å². The number of hydrogen-bond acceptors (Lipinski definition) is 2. The zero-order valence-electron chi connectivity index (χ0n) is 12.8. The summed E-state index contributed by atoms with van der Waals surface area (Å²) in [6, 6.07) is 10.7. The second kappa shape index (κ2) is 7.08. The van der Waals surface area contributed by atoms with Crippen molar-refractivity contribution in [2.24, 2.45) is 5.92 Å². The van der Waals surface area contributed by atoms with E-state index in [1.807, 2.05) is 0 Å². The van der Waals surface area contributed by atoms with Gasteiger partial charge in [-0.1, -0.05) is 36.8 Å². The van der Waals surface area contributed by atoms with Crippen LogP contribution in [0.1, 0.15) is 31.2 Å². The number of rotatable bonds is 4. The molecular formula is C18H26N2O. The highest BCUT2D eigenvalue weighted by molar-refractivity contribution is 5.79. The average Bonchev–Trinajstić information content (AvgIpc) is 2.70. The Morgan fingerprint density at radius 1 is 1.00 bits per heavy atom. The van der Waals surface area contributed by atoms with Gasteiger partial charge in [0.05, 0.1) is 0 Å². The van der Waals surface area contributed by atoms with Crippen molar-refractivity contribution < 1.29 is 4.79 Å². The minimum atomic E-state index is 0.348. The van der Waals surface area contributed by atoms with Gasteiger partial charge in [-0.05, 0) is 37.8 Å². The van der Waals surface area contributed by atoms with Gasteiger partial charge in [-0.25, -0.2) is 0 Å². The van der Waals surface area contributed by atoms with Crippen LogP contribution in [0.5, 0.6) is 0 Å². The maximum atomic E-state index is 12.3. The second-order valence-corrected chi connectivity index (χ2v) is 6.38. The van der Waals surface area contributed by atoms with Crippen molar-refractivity contribution in [3.05, 3.63) is 35.9 Å². The van der Waals surface area contributed by atoms with E-state index >= 15 is 0 Å². The molecule has 21 heavy (non-hydrogen) atoms. The molecule has 0 bridgehead atoms. The Bertz CT molecular complexity index is 456. The number of carbonyl (C=O) groups is 1. The van der Waals surface area contributed by atoms with E-state index in [0.717, 1.165) is 58.4 Å². The van der Waals surface area contributed by atoms with Crippen LogP contribution in [0.4, 0.5) is 0 Å². The number of amides is 1. The number of benzene rings is 1. The first-order chi connectivity index (χ1) is 10.3. The molecule has 3 nitrogen and oxygen atoms in total. The molecule has 0 atom stereocenters. The maximum Gasteiger partial charge on any atom is 0.225 e. The molecule has 1 heterocycles. The molecule has 0 radical (unpaired) electrons. The molecule has 0 spiro atoms. The highest BCUT2D eigenvalue weighted by Crippen LogP contribution is 2.28. The molecule has 3 rings (SSSR count). The molecule has 1 aliphatic heterocycles. The van der Waals surface area contributed by atoms with Crippen LogP contribution in [0.15, 0.2) is 30.3 Å². The van der Waals surface area contributed by atoms with Crippen LogP contribution in [-0.2, 0) is 11.2 Å². The van der Waals surface area contributed by atoms with Gasteiger partial charge in [-0.2, -0.15) is 0 Å². The van der Waals surface area contributed by atoms with Gasteiger partial charge in [-0.3, -0.25) is 4.79 Å². The molecule has 1 aromatic carbocycles. The van der Waals surface area contributed by atoms with E-state index in [4.69, 9.17) is 0 Å². The van der Waals surface area contributed by atoms with E-state index in [1.54, 1.807) is 0 Å². The minimum absolute atomic E-state index is 0.348. The van der Waals surface area contributed by atoms with E-state index in [9.17, 15) is 4.79 Å². The van der Waals surface area contributed by atoms with E-state index in [0.29, 0.717) is 11.8 Å². The standard InChI is InChI=1S/C18H26N2O/c21-18(17-8-4-9-17)20-12-5-11-19(14-15-20)13-10-16-6-2-1-3-7-16/h1-3,6-7,17H,4-5,8-15H2. The number of carbonyl (C=O) groups excluding carboxylic acids is 1. The third kappa shape index (κ3) is 3.85.